The van der Waals surface area contributed by atoms with E-state index in [1.807, 2.05) is 13.0 Å². The number of rotatable bonds is 9. The quantitative estimate of drug-likeness (QED) is 0.672. The van der Waals surface area contributed by atoms with Crippen molar-refractivity contribution < 1.29 is 19.0 Å². The number of benzene rings is 1. The molecule has 1 atom stereocenters. The molecule has 1 unspecified atom stereocenters. The fourth-order valence-electron chi connectivity index (χ4n) is 1.50. The maximum absolute atomic E-state index is 13.5. The molecule has 2 N–H and O–H groups in total. The Morgan fingerprint density at radius 3 is 2.80 bits per heavy atom. The predicted molar refractivity (Wildman–Crippen MR) is 72.9 cm³/mol. The first-order valence-electron chi connectivity index (χ1n) is 6.44. The second kappa shape index (κ2) is 9.26. The minimum atomic E-state index is -0.744. The lowest BCUT2D eigenvalue weighted by Gasteiger charge is -2.13. The molecule has 5 nitrogen and oxygen atoms in total. The van der Waals surface area contributed by atoms with E-state index >= 15 is 0 Å². The maximum Gasteiger partial charge on any atom is 0.147 e. The van der Waals surface area contributed by atoms with Gasteiger partial charge in [-0.15, -0.1) is 0 Å². The summed E-state index contributed by atoms with van der Waals surface area (Å²) in [5, 5.41) is 21.1. The molecule has 0 aliphatic carbocycles. The van der Waals surface area contributed by atoms with Crippen molar-refractivity contribution >= 4 is 5.69 Å². The molecular formula is C14H19FN2O3. The second-order valence-electron chi connectivity index (χ2n) is 4.11. The van der Waals surface area contributed by atoms with Crippen LogP contribution in [0.15, 0.2) is 18.2 Å². The first kappa shape index (κ1) is 16.4. The molecule has 0 bridgehead atoms. The molecule has 6 heteroatoms. The Hall–Kier alpha value is -1.68. The first-order valence-corrected chi connectivity index (χ1v) is 6.44. The number of hydrogen-bond acceptors (Lipinski definition) is 5. The molecule has 0 radical (unpaired) electrons. The zero-order valence-electron chi connectivity index (χ0n) is 11.4. The van der Waals surface area contributed by atoms with Crippen molar-refractivity contribution in [2.24, 2.45) is 0 Å². The van der Waals surface area contributed by atoms with Gasteiger partial charge in [-0.25, -0.2) is 4.39 Å². The average molecular weight is 282 g/mol. The summed E-state index contributed by atoms with van der Waals surface area (Å²) in [6.07, 6.45) is -0.744. The summed E-state index contributed by atoms with van der Waals surface area (Å²) in [4.78, 5) is 0. The van der Waals surface area contributed by atoms with Gasteiger partial charge in [-0.05, 0) is 25.1 Å². The second-order valence-corrected chi connectivity index (χ2v) is 4.11. The molecule has 0 heterocycles. The fourth-order valence-corrected chi connectivity index (χ4v) is 1.50. The largest absolute Gasteiger partial charge is 0.389 e. The Labute approximate surface area is 117 Å². The number of halogens is 1. The highest BCUT2D eigenvalue weighted by atomic mass is 19.1. The molecule has 0 saturated carbocycles. The van der Waals surface area contributed by atoms with Crippen LogP contribution in [0.3, 0.4) is 0 Å². The third-order valence-corrected chi connectivity index (χ3v) is 2.51. The smallest absolute Gasteiger partial charge is 0.147 e. The predicted octanol–water partition coefficient (Wildman–Crippen LogP) is 1.52. The highest BCUT2D eigenvalue weighted by Gasteiger charge is 2.07. The van der Waals surface area contributed by atoms with Crippen molar-refractivity contribution in [2.75, 3.05) is 38.3 Å². The third kappa shape index (κ3) is 5.97. The van der Waals surface area contributed by atoms with Crippen LogP contribution in [0.4, 0.5) is 10.1 Å². The molecule has 1 rings (SSSR count). The van der Waals surface area contributed by atoms with E-state index < -0.39 is 11.9 Å². The normalized spacial score (nSPS) is 11.9. The van der Waals surface area contributed by atoms with Gasteiger partial charge in [0, 0.05) is 13.2 Å². The van der Waals surface area contributed by atoms with Crippen LogP contribution in [0.1, 0.15) is 12.5 Å². The van der Waals surface area contributed by atoms with Crippen LogP contribution in [0.2, 0.25) is 0 Å². The van der Waals surface area contributed by atoms with Gasteiger partial charge >= 0.3 is 0 Å². The zero-order valence-corrected chi connectivity index (χ0v) is 11.4. The maximum atomic E-state index is 13.5. The van der Waals surface area contributed by atoms with Crippen LogP contribution in [-0.4, -0.2) is 44.2 Å². The number of ether oxygens (including phenoxy) is 2. The van der Waals surface area contributed by atoms with Crippen LogP contribution >= 0.6 is 0 Å². The van der Waals surface area contributed by atoms with Gasteiger partial charge in [-0.2, -0.15) is 5.26 Å². The van der Waals surface area contributed by atoms with E-state index in [0.29, 0.717) is 19.8 Å². The minimum Gasteiger partial charge on any atom is -0.389 e. The number of anilines is 1. The van der Waals surface area contributed by atoms with E-state index in [4.69, 9.17) is 14.7 Å². The first-order chi connectivity index (χ1) is 9.67. The van der Waals surface area contributed by atoms with Crippen LogP contribution in [0, 0.1) is 17.1 Å². The molecule has 0 amide bonds. The SMILES string of the molecule is CCOCCOCC(O)CNc1ccc(C#N)cc1F. The summed E-state index contributed by atoms with van der Waals surface area (Å²) < 4.78 is 23.8. The van der Waals surface area contributed by atoms with E-state index in [9.17, 15) is 9.50 Å². The Balaban J connectivity index is 2.27. The van der Waals surface area contributed by atoms with Crippen LogP contribution in [0.5, 0.6) is 0 Å². The van der Waals surface area contributed by atoms with Gasteiger partial charge < -0.3 is 19.9 Å². The Kier molecular flexibility index (Phi) is 7.58. The highest BCUT2D eigenvalue weighted by molar-refractivity contribution is 5.48. The van der Waals surface area contributed by atoms with Gasteiger partial charge in [0.25, 0.3) is 0 Å². The van der Waals surface area contributed by atoms with E-state index in [0.717, 1.165) is 6.07 Å². The number of aliphatic hydroxyl groups is 1. The molecule has 20 heavy (non-hydrogen) atoms. The summed E-state index contributed by atoms with van der Waals surface area (Å²) in [5.41, 5.74) is 0.505. The van der Waals surface area contributed by atoms with E-state index in [2.05, 4.69) is 5.32 Å². The van der Waals surface area contributed by atoms with Gasteiger partial charge in [0.1, 0.15) is 5.82 Å². The summed E-state index contributed by atoms with van der Waals surface area (Å²) in [7, 11) is 0. The lowest BCUT2D eigenvalue weighted by Crippen LogP contribution is -2.26. The molecule has 0 saturated heterocycles. The number of nitriles is 1. The van der Waals surface area contributed by atoms with E-state index in [1.165, 1.54) is 12.1 Å². The molecule has 1 aromatic rings. The summed E-state index contributed by atoms with van der Waals surface area (Å²) in [6, 6.07) is 5.98. The number of hydrogen-bond donors (Lipinski definition) is 2. The van der Waals surface area contributed by atoms with Gasteiger partial charge in [-0.1, -0.05) is 0 Å². The summed E-state index contributed by atoms with van der Waals surface area (Å²) >= 11 is 0. The molecule has 0 fully saturated rings. The van der Waals surface area contributed by atoms with Crippen molar-refractivity contribution in [3.05, 3.63) is 29.6 Å². The standard InChI is InChI=1S/C14H19FN2O3/c1-2-19-5-6-20-10-12(18)9-17-14-4-3-11(8-16)7-13(14)15/h3-4,7,12,17-18H,2,5-6,9-10H2,1H3. The average Bonchev–Trinajstić information content (AvgIpc) is 2.45. The Morgan fingerprint density at radius 2 is 2.15 bits per heavy atom. The molecule has 0 aliphatic rings. The third-order valence-electron chi connectivity index (χ3n) is 2.51. The number of nitrogens with one attached hydrogen (secondary N) is 1. The van der Waals surface area contributed by atoms with Crippen LogP contribution < -0.4 is 5.32 Å². The van der Waals surface area contributed by atoms with Crippen LogP contribution in [-0.2, 0) is 9.47 Å². The lowest BCUT2D eigenvalue weighted by atomic mass is 10.2. The molecule has 1 aromatic carbocycles. The van der Waals surface area contributed by atoms with Gasteiger partial charge in [-0.3, -0.25) is 0 Å². The monoisotopic (exact) mass is 282 g/mol. The van der Waals surface area contributed by atoms with Gasteiger partial charge in [0.05, 0.1) is 43.2 Å². The minimum absolute atomic E-state index is 0.151. The van der Waals surface area contributed by atoms with E-state index in [1.54, 1.807) is 0 Å². The molecule has 0 spiro atoms. The van der Waals surface area contributed by atoms with Gasteiger partial charge in [0.2, 0.25) is 0 Å². The Morgan fingerprint density at radius 1 is 1.40 bits per heavy atom. The number of aliphatic hydroxyl groups excluding tert-OH is 1. The van der Waals surface area contributed by atoms with Crippen LogP contribution in [0.25, 0.3) is 0 Å². The van der Waals surface area contributed by atoms with Crippen molar-refractivity contribution in [1.29, 1.82) is 5.26 Å². The fraction of sp³-hybridized carbons (Fsp3) is 0.500. The zero-order chi connectivity index (χ0) is 14.8. The molecule has 110 valence electrons. The topological polar surface area (TPSA) is 74.5 Å². The van der Waals surface area contributed by atoms with Crippen molar-refractivity contribution in [1.82, 2.24) is 0 Å². The molecule has 0 aliphatic heterocycles. The summed E-state index contributed by atoms with van der Waals surface area (Å²) in [5.74, 6) is -0.520. The molecule has 0 aromatic heterocycles. The number of nitrogens with zero attached hydrogens (tertiary/aromatic N) is 1. The lowest BCUT2D eigenvalue weighted by molar-refractivity contribution is 0.0103. The molecular weight excluding hydrogens is 263 g/mol. The van der Waals surface area contributed by atoms with Crippen molar-refractivity contribution in [3.8, 4) is 6.07 Å². The van der Waals surface area contributed by atoms with Crippen molar-refractivity contribution in [3.63, 3.8) is 0 Å². The Bertz CT molecular complexity index is 449. The highest BCUT2D eigenvalue weighted by Crippen LogP contribution is 2.15. The summed E-state index contributed by atoms with van der Waals surface area (Å²) in [6.45, 7) is 3.74. The van der Waals surface area contributed by atoms with E-state index in [-0.39, 0.29) is 24.4 Å². The van der Waals surface area contributed by atoms with Crippen molar-refractivity contribution in [2.45, 2.75) is 13.0 Å². The van der Waals surface area contributed by atoms with Gasteiger partial charge in [0.15, 0.2) is 0 Å².